The molecular weight excluding hydrogens is 176 g/mol. The summed E-state index contributed by atoms with van der Waals surface area (Å²) in [6.45, 7) is 5.95. The van der Waals surface area contributed by atoms with Gasteiger partial charge < -0.3 is 16.2 Å². The van der Waals surface area contributed by atoms with Crippen molar-refractivity contribution in [2.75, 3.05) is 17.7 Å². The van der Waals surface area contributed by atoms with Crippen molar-refractivity contribution in [3.63, 3.8) is 0 Å². The lowest BCUT2D eigenvalue weighted by Crippen LogP contribution is -2.34. The summed E-state index contributed by atoms with van der Waals surface area (Å²) >= 11 is 0. The lowest BCUT2D eigenvalue weighted by Gasteiger charge is -2.25. The topological polar surface area (TPSA) is 58.3 Å². The highest BCUT2D eigenvalue weighted by Crippen LogP contribution is 2.19. The number of rotatable bonds is 3. The van der Waals surface area contributed by atoms with E-state index in [0.29, 0.717) is 0 Å². The third-order valence-electron chi connectivity index (χ3n) is 1.98. The molecule has 0 aromatic heterocycles. The summed E-state index contributed by atoms with van der Waals surface area (Å²) in [5.74, 6) is 0. The van der Waals surface area contributed by atoms with Crippen molar-refractivity contribution >= 4 is 11.4 Å². The Morgan fingerprint density at radius 2 is 2.00 bits per heavy atom. The van der Waals surface area contributed by atoms with E-state index in [-0.39, 0.29) is 12.1 Å². The zero-order valence-electron chi connectivity index (χ0n) is 8.96. The minimum atomic E-state index is -0.319. The van der Waals surface area contributed by atoms with Crippen molar-refractivity contribution in [3.05, 3.63) is 23.8 Å². The highest BCUT2D eigenvalue weighted by Gasteiger charge is 2.15. The molecule has 1 aromatic carbocycles. The van der Waals surface area contributed by atoms with Crippen molar-refractivity contribution in [1.82, 2.24) is 0 Å². The minimum absolute atomic E-state index is 0.0842. The Balaban J connectivity index is 2.87. The van der Waals surface area contributed by atoms with E-state index in [4.69, 9.17) is 10.8 Å². The van der Waals surface area contributed by atoms with Gasteiger partial charge in [0.05, 0.1) is 12.1 Å². The van der Waals surface area contributed by atoms with Crippen LogP contribution in [0.1, 0.15) is 19.4 Å². The van der Waals surface area contributed by atoms with E-state index in [2.05, 4.69) is 5.32 Å². The summed E-state index contributed by atoms with van der Waals surface area (Å²) in [6, 6.07) is 5.79. The van der Waals surface area contributed by atoms with Crippen LogP contribution in [0, 0.1) is 6.92 Å². The van der Waals surface area contributed by atoms with Crippen molar-refractivity contribution < 1.29 is 5.11 Å². The van der Waals surface area contributed by atoms with E-state index in [1.807, 2.05) is 39.0 Å². The predicted molar refractivity (Wildman–Crippen MR) is 60.4 cm³/mol. The Kier molecular flexibility index (Phi) is 3.01. The van der Waals surface area contributed by atoms with Crippen LogP contribution in [-0.4, -0.2) is 17.3 Å². The van der Waals surface area contributed by atoms with Gasteiger partial charge in [0.1, 0.15) is 0 Å². The van der Waals surface area contributed by atoms with E-state index in [0.717, 1.165) is 16.9 Å². The Bertz CT molecular complexity index is 301. The molecule has 0 heterocycles. The molecule has 0 atom stereocenters. The summed E-state index contributed by atoms with van der Waals surface area (Å²) in [5, 5.41) is 12.3. The second kappa shape index (κ2) is 3.88. The van der Waals surface area contributed by atoms with Gasteiger partial charge >= 0.3 is 0 Å². The normalized spacial score (nSPS) is 11.4. The molecule has 0 aliphatic carbocycles. The lowest BCUT2D eigenvalue weighted by atomic mass is 10.1. The predicted octanol–water partition coefficient (Wildman–Crippen LogP) is 1.76. The molecule has 4 N–H and O–H groups in total. The number of nitrogens with one attached hydrogen (secondary N) is 1. The quantitative estimate of drug-likeness (QED) is 0.643. The van der Waals surface area contributed by atoms with Crippen LogP contribution in [0.2, 0.25) is 0 Å². The van der Waals surface area contributed by atoms with Crippen LogP contribution in [0.15, 0.2) is 18.2 Å². The first-order valence-electron chi connectivity index (χ1n) is 4.69. The Labute approximate surface area is 84.9 Å². The number of nitrogens with two attached hydrogens (primary N) is 1. The third-order valence-corrected chi connectivity index (χ3v) is 1.98. The number of hydrogen-bond acceptors (Lipinski definition) is 3. The summed E-state index contributed by atoms with van der Waals surface area (Å²) in [6.07, 6.45) is 0. The van der Waals surface area contributed by atoms with Gasteiger partial charge in [-0.15, -0.1) is 0 Å². The number of aliphatic hydroxyl groups is 1. The van der Waals surface area contributed by atoms with Crippen LogP contribution in [-0.2, 0) is 0 Å². The Morgan fingerprint density at radius 1 is 1.36 bits per heavy atom. The fourth-order valence-electron chi connectivity index (χ4n) is 1.32. The van der Waals surface area contributed by atoms with Gasteiger partial charge in [-0.25, -0.2) is 0 Å². The molecular formula is C11H18N2O. The molecule has 0 radical (unpaired) electrons. The van der Waals surface area contributed by atoms with E-state index < -0.39 is 0 Å². The Morgan fingerprint density at radius 3 is 2.50 bits per heavy atom. The fraction of sp³-hybridized carbons (Fsp3) is 0.455. The largest absolute Gasteiger partial charge is 0.399 e. The lowest BCUT2D eigenvalue weighted by molar-refractivity contribution is 0.234. The molecule has 1 rings (SSSR count). The van der Waals surface area contributed by atoms with Crippen molar-refractivity contribution in [2.24, 2.45) is 0 Å². The molecule has 0 saturated carbocycles. The first kappa shape index (κ1) is 10.9. The van der Waals surface area contributed by atoms with Gasteiger partial charge in [-0.1, -0.05) is 0 Å². The van der Waals surface area contributed by atoms with Crippen LogP contribution in [0.25, 0.3) is 0 Å². The fourth-order valence-corrected chi connectivity index (χ4v) is 1.32. The molecule has 0 fully saturated rings. The zero-order chi connectivity index (χ0) is 10.8. The van der Waals surface area contributed by atoms with Crippen LogP contribution >= 0.6 is 0 Å². The molecule has 0 aliphatic heterocycles. The van der Waals surface area contributed by atoms with Crippen LogP contribution in [0.3, 0.4) is 0 Å². The van der Waals surface area contributed by atoms with Crippen molar-refractivity contribution in [3.8, 4) is 0 Å². The van der Waals surface area contributed by atoms with Crippen LogP contribution in [0.4, 0.5) is 11.4 Å². The van der Waals surface area contributed by atoms with Gasteiger partial charge in [0.2, 0.25) is 0 Å². The van der Waals surface area contributed by atoms with Gasteiger partial charge in [-0.05, 0) is 44.5 Å². The summed E-state index contributed by atoms with van der Waals surface area (Å²) in [7, 11) is 0. The standard InChI is InChI=1S/C11H18N2O/c1-8-4-9(12)6-10(5-8)13-11(2,3)7-14/h4-6,13-14H,7,12H2,1-3H3. The average molecular weight is 194 g/mol. The first-order valence-corrected chi connectivity index (χ1v) is 4.69. The molecule has 0 aliphatic rings. The number of aliphatic hydroxyl groups excluding tert-OH is 1. The minimum Gasteiger partial charge on any atom is -0.399 e. The monoisotopic (exact) mass is 194 g/mol. The third kappa shape index (κ3) is 2.92. The SMILES string of the molecule is Cc1cc(N)cc(NC(C)(C)CO)c1. The highest BCUT2D eigenvalue weighted by atomic mass is 16.3. The second-order valence-corrected chi connectivity index (χ2v) is 4.30. The molecule has 0 spiro atoms. The molecule has 0 unspecified atom stereocenters. The molecule has 3 nitrogen and oxygen atoms in total. The maximum atomic E-state index is 9.10. The van der Waals surface area contributed by atoms with Crippen LogP contribution < -0.4 is 11.1 Å². The maximum absolute atomic E-state index is 9.10. The van der Waals surface area contributed by atoms with E-state index in [9.17, 15) is 0 Å². The molecule has 0 bridgehead atoms. The van der Waals surface area contributed by atoms with Gasteiger partial charge in [-0.3, -0.25) is 0 Å². The van der Waals surface area contributed by atoms with E-state index in [1.165, 1.54) is 0 Å². The van der Waals surface area contributed by atoms with E-state index in [1.54, 1.807) is 0 Å². The van der Waals surface area contributed by atoms with E-state index >= 15 is 0 Å². The van der Waals surface area contributed by atoms with Crippen molar-refractivity contribution in [2.45, 2.75) is 26.3 Å². The first-order chi connectivity index (χ1) is 6.43. The molecule has 1 aromatic rings. The van der Waals surface area contributed by atoms with Crippen molar-refractivity contribution in [1.29, 1.82) is 0 Å². The maximum Gasteiger partial charge on any atom is 0.0656 e. The molecule has 78 valence electrons. The number of hydrogen-bond donors (Lipinski definition) is 3. The zero-order valence-corrected chi connectivity index (χ0v) is 8.96. The molecule has 14 heavy (non-hydrogen) atoms. The molecule has 0 amide bonds. The highest BCUT2D eigenvalue weighted by molar-refractivity contribution is 5.57. The summed E-state index contributed by atoms with van der Waals surface area (Å²) in [4.78, 5) is 0. The van der Waals surface area contributed by atoms with Gasteiger partial charge in [0.15, 0.2) is 0 Å². The number of anilines is 2. The molecule has 3 heteroatoms. The Hall–Kier alpha value is -1.22. The van der Waals surface area contributed by atoms with Gasteiger partial charge in [-0.2, -0.15) is 0 Å². The number of nitrogen functional groups attached to an aromatic ring is 1. The van der Waals surface area contributed by atoms with Gasteiger partial charge in [0, 0.05) is 11.4 Å². The summed E-state index contributed by atoms with van der Waals surface area (Å²) in [5.41, 5.74) is 8.19. The average Bonchev–Trinajstić information content (AvgIpc) is 2.01. The van der Waals surface area contributed by atoms with Gasteiger partial charge in [0.25, 0.3) is 0 Å². The smallest absolute Gasteiger partial charge is 0.0656 e. The number of benzene rings is 1. The number of aryl methyl sites for hydroxylation is 1. The second-order valence-electron chi connectivity index (χ2n) is 4.30. The molecule has 0 saturated heterocycles. The summed E-state index contributed by atoms with van der Waals surface area (Å²) < 4.78 is 0. The van der Waals surface area contributed by atoms with Crippen LogP contribution in [0.5, 0.6) is 0 Å².